The average molecular weight is 688 g/mol. The maximum Gasteiger partial charge on any atom is 0.0490 e. The molecule has 1 unspecified atom stereocenters. The topological polar surface area (TPSA) is 3.24 Å². The number of rotatable bonds is 9. The summed E-state index contributed by atoms with van der Waals surface area (Å²) in [7, 11) is 0. The summed E-state index contributed by atoms with van der Waals surface area (Å²) in [5.41, 5.74) is 19.7. The van der Waals surface area contributed by atoms with Crippen molar-refractivity contribution in [2.24, 2.45) is 5.92 Å². The minimum absolute atomic E-state index is 0.345. The monoisotopic (exact) mass is 687 g/mol. The van der Waals surface area contributed by atoms with Gasteiger partial charge in [0.1, 0.15) is 0 Å². The van der Waals surface area contributed by atoms with E-state index in [9.17, 15) is 0 Å². The summed E-state index contributed by atoms with van der Waals surface area (Å²) in [6.07, 6.45) is 12.7. The van der Waals surface area contributed by atoms with Crippen LogP contribution in [-0.4, -0.2) is 0 Å². The van der Waals surface area contributed by atoms with E-state index in [4.69, 9.17) is 0 Å². The van der Waals surface area contributed by atoms with Gasteiger partial charge in [0.25, 0.3) is 0 Å². The Hall–Kier alpha value is -5.92. The van der Waals surface area contributed by atoms with Gasteiger partial charge in [-0.25, -0.2) is 0 Å². The van der Waals surface area contributed by atoms with E-state index in [1.165, 1.54) is 72.5 Å². The van der Waals surface area contributed by atoms with Crippen molar-refractivity contribution in [1.29, 1.82) is 0 Å². The SMILES string of the molecule is CC1=CCC(/C(=C/c2ccc(N(c3ccc(C=C(c4ccc(C)cc4)c4ccc(C)cc4)cc3)c3ccc(C)cc3C)cc2)c2ccc(C)cc2)C=C1. The van der Waals surface area contributed by atoms with Crippen molar-refractivity contribution in [1.82, 2.24) is 0 Å². The summed E-state index contributed by atoms with van der Waals surface area (Å²) in [5, 5.41) is 0. The second kappa shape index (κ2) is 15.8. The zero-order valence-electron chi connectivity index (χ0n) is 31.9. The van der Waals surface area contributed by atoms with Gasteiger partial charge >= 0.3 is 0 Å². The highest BCUT2D eigenvalue weighted by atomic mass is 15.1. The number of hydrogen-bond acceptors (Lipinski definition) is 1. The predicted molar refractivity (Wildman–Crippen MR) is 230 cm³/mol. The third-order valence-corrected chi connectivity index (χ3v) is 10.3. The summed E-state index contributed by atoms with van der Waals surface area (Å²) >= 11 is 0. The van der Waals surface area contributed by atoms with Crippen LogP contribution in [0.1, 0.15) is 69.0 Å². The van der Waals surface area contributed by atoms with Crippen molar-refractivity contribution in [3.63, 3.8) is 0 Å². The Labute approximate surface area is 317 Å². The van der Waals surface area contributed by atoms with Crippen molar-refractivity contribution in [2.75, 3.05) is 4.90 Å². The van der Waals surface area contributed by atoms with Gasteiger partial charge in [0.05, 0.1) is 0 Å². The van der Waals surface area contributed by atoms with Gasteiger partial charge in [0.2, 0.25) is 0 Å². The third-order valence-electron chi connectivity index (χ3n) is 10.3. The molecule has 0 saturated carbocycles. The average Bonchev–Trinajstić information content (AvgIpc) is 3.17. The lowest BCUT2D eigenvalue weighted by atomic mass is 9.85. The molecule has 0 bridgehead atoms. The van der Waals surface area contributed by atoms with Gasteiger partial charge in [0.15, 0.2) is 0 Å². The van der Waals surface area contributed by atoms with Crippen LogP contribution in [0.5, 0.6) is 0 Å². The van der Waals surface area contributed by atoms with E-state index in [2.05, 4.69) is 216 Å². The van der Waals surface area contributed by atoms with Gasteiger partial charge < -0.3 is 4.90 Å². The Kier molecular flexibility index (Phi) is 10.6. The zero-order valence-corrected chi connectivity index (χ0v) is 31.9. The normalized spacial score (nSPS) is 14.1. The van der Waals surface area contributed by atoms with Crippen molar-refractivity contribution < 1.29 is 0 Å². The highest BCUT2D eigenvalue weighted by Gasteiger charge is 2.17. The molecule has 6 aromatic rings. The van der Waals surface area contributed by atoms with E-state index >= 15 is 0 Å². The number of hydrogen-bond donors (Lipinski definition) is 0. The highest BCUT2D eigenvalue weighted by molar-refractivity contribution is 5.92. The van der Waals surface area contributed by atoms with Crippen molar-refractivity contribution in [3.05, 3.63) is 219 Å². The van der Waals surface area contributed by atoms with Crippen LogP contribution >= 0.6 is 0 Å². The molecule has 1 aliphatic carbocycles. The number of nitrogens with zero attached hydrogens (tertiary/aromatic N) is 1. The molecule has 0 aromatic heterocycles. The van der Waals surface area contributed by atoms with E-state index in [0.717, 1.165) is 23.4 Å². The van der Waals surface area contributed by atoms with Crippen LogP contribution in [-0.2, 0) is 0 Å². The minimum Gasteiger partial charge on any atom is -0.310 e. The fourth-order valence-electron chi connectivity index (χ4n) is 7.18. The van der Waals surface area contributed by atoms with Gasteiger partial charge in [-0.15, -0.1) is 0 Å². The van der Waals surface area contributed by atoms with E-state index < -0.39 is 0 Å². The first-order valence-electron chi connectivity index (χ1n) is 18.8. The molecular formula is C52H49N. The highest BCUT2D eigenvalue weighted by Crippen LogP contribution is 2.39. The first-order chi connectivity index (χ1) is 25.7. The third kappa shape index (κ3) is 8.43. The standard InChI is InChI=1S/C52H49N/c1-36-7-20-44(21-8-36)50(45-22-9-37(2)10-23-45)34-42-16-28-48(29-17-42)53(52-32-15-40(5)33-41(52)6)49-30-18-43(19-31-49)35-51(46-24-11-38(3)12-25-46)47-26-13-39(4)14-27-47/h7-26,28-35,47H,27H2,1-6H3/b51-35+. The maximum absolute atomic E-state index is 2.38. The number of aryl methyl sites for hydroxylation is 5. The second-order valence-electron chi connectivity index (χ2n) is 14.7. The minimum atomic E-state index is 0.345. The summed E-state index contributed by atoms with van der Waals surface area (Å²) in [5.74, 6) is 0.345. The molecule has 53 heavy (non-hydrogen) atoms. The van der Waals surface area contributed by atoms with Crippen LogP contribution in [0.15, 0.2) is 163 Å². The molecule has 262 valence electrons. The molecule has 1 aliphatic rings. The fraction of sp³-hybridized carbons (Fsp3) is 0.154. The first-order valence-corrected chi connectivity index (χ1v) is 18.8. The molecule has 0 amide bonds. The van der Waals surface area contributed by atoms with E-state index in [1.54, 1.807) is 0 Å². The van der Waals surface area contributed by atoms with Gasteiger partial charge in [-0.05, 0) is 129 Å². The zero-order chi connectivity index (χ0) is 36.9. The lowest BCUT2D eigenvalue weighted by Gasteiger charge is -2.27. The largest absolute Gasteiger partial charge is 0.310 e. The number of benzene rings is 6. The molecule has 0 aliphatic heterocycles. The molecule has 0 saturated heterocycles. The number of anilines is 3. The van der Waals surface area contributed by atoms with Crippen molar-refractivity contribution in [3.8, 4) is 0 Å². The molecule has 0 radical (unpaired) electrons. The first kappa shape index (κ1) is 35.5. The van der Waals surface area contributed by atoms with Crippen molar-refractivity contribution >= 4 is 40.4 Å². The summed E-state index contributed by atoms with van der Waals surface area (Å²) in [6.45, 7) is 13.0. The van der Waals surface area contributed by atoms with Crippen LogP contribution in [0, 0.1) is 40.5 Å². The van der Waals surface area contributed by atoms with Gasteiger partial charge in [-0.3, -0.25) is 0 Å². The van der Waals surface area contributed by atoms with Crippen LogP contribution in [0.25, 0.3) is 23.3 Å². The second-order valence-corrected chi connectivity index (χ2v) is 14.7. The quantitative estimate of drug-likeness (QED) is 0.137. The molecule has 0 fully saturated rings. The van der Waals surface area contributed by atoms with Crippen LogP contribution in [0.4, 0.5) is 17.1 Å². The Balaban J connectivity index is 1.25. The van der Waals surface area contributed by atoms with Crippen LogP contribution in [0.2, 0.25) is 0 Å². The maximum atomic E-state index is 2.38. The van der Waals surface area contributed by atoms with Crippen molar-refractivity contribution in [2.45, 2.75) is 48.0 Å². The molecule has 6 aromatic carbocycles. The van der Waals surface area contributed by atoms with Crippen LogP contribution < -0.4 is 4.90 Å². The lowest BCUT2D eigenvalue weighted by molar-refractivity contribution is 0.837. The van der Waals surface area contributed by atoms with E-state index in [-0.39, 0.29) is 0 Å². The van der Waals surface area contributed by atoms with Gasteiger partial charge in [0, 0.05) is 23.0 Å². The van der Waals surface area contributed by atoms with E-state index in [0.29, 0.717) is 5.92 Å². The Morgan fingerprint density at radius 2 is 0.981 bits per heavy atom. The molecular weight excluding hydrogens is 639 g/mol. The Morgan fingerprint density at radius 3 is 1.45 bits per heavy atom. The molecule has 1 atom stereocenters. The summed E-state index contributed by atoms with van der Waals surface area (Å²) in [4.78, 5) is 2.38. The smallest absolute Gasteiger partial charge is 0.0490 e. The molecule has 0 heterocycles. The molecule has 1 heteroatoms. The Bertz CT molecular complexity index is 2260. The molecule has 7 rings (SSSR count). The van der Waals surface area contributed by atoms with Gasteiger partial charge in [-0.1, -0.05) is 161 Å². The lowest BCUT2D eigenvalue weighted by Crippen LogP contribution is -2.11. The predicted octanol–water partition coefficient (Wildman–Crippen LogP) is 14.4. The van der Waals surface area contributed by atoms with E-state index in [1.807, 2.05) is 0 Å². The van der Waals surface area contributed by atoms with Gasteiger partial charge in [-0.2, -0.15) is 0 Å². The molecule has 0 spiro atoms. The fourth-order valence-corrected chi connectivity index (χ4v) is 7.18. The molecule has 1 nitrogen and oxygen atoms in total. The van der Waals surface area contributed by atoms with Crippen LogP contribution in [0.3, 0.4) is 0 Å². The molecule has 0 N–H and O–H groups in total. The number of allylic oxidation sites excluding steroid dienone is 5. The Morgan fingerprint density at radius 1 is 0.509 bits per heavy atom. The summed E-state index contributed by atoms with van der Waals surface area (Å²) in [6, 6.07) is 51.4. The summed E-state index contributed by atoms with van der Waals surface area (Å²) < 4.78 is 0.